The molecule has 1 aromatic heterocycles. The number of thiazole rings is 1. The standard InChI is InChI=1S/C25H17FN2O3S/c1-14-6-8-16(9-7-14)22(29)20-21(15-10-12-17(26)13-11-15)28(24(31)23(20)30)25-27-18-4-2-3-5-19(18)32-25/h2-13,21,29H,1H3/b22-20+/t21-/m1/s1. The summed E-state index contributed by atoms with van der Waals surface area (Å²) in [5.74, 6) is -2.31. The van der Waals surface area contributed by atoms with Crippen molar-refractivity contribution in [1.82, 2.24) is 4.98 Å². The molecular formula is C25H17FN2O3S. The van der Waals surface area contributed by atoms with Gasteiger partial charge in [0.05, 0.1) is 21.8 Å². The lowest BCUT2D eigenvalue weighted by Gasteiger charge is -2.23. The second-order valence-corrected chi connectivity index (χ2v) is 8.56. The van der Waals surface area contributed by atoms with Crippen LogP contribution in [0.25, 0.3) is 16.0 Å². The molecule has 0 aliphatic carbocycles. The van der Waals surface area contributed by atoms with Crippen LogP contribution in [-0.2, 0) is 9.59 Å². The zero-order chi connectivity index (χ0) is 22.4. The van der Waals surface area contributed by atoms with Crippen molar-refractivity contribution in [2.75, 3.05) is 4.90 Å². The molecular weight excluding hydrogens is 427 g/mol. The first-order valence-corrected chi connectivity index (χ1v) is 10.7. The Labute approximate surface area is 187 Å². The molecule has 0 bridgehead atoms. The number of benzene rings is 3. The van der Waals surface area contributed by atoms with Crippen molar-refractivity contribution in [1.29, 1.82) is 0 Å². The number of aliphatic hydroxyl groups excluding tert-OH is 1. The third kappa shape index (κ3) is 3.27. The first-order valence-electron chi connectivity index (χ1n) is 9.93. The number of hydrogen-bond acceptors (Lipinski definition) is 5. The maximum Gasteiger partial charge on any atom is 0.301 e. The van der Waals surface area contributed by atoms with Gasteiger partial charge in [0.15, 0.2) is 5.13 Å². The SMILES string of the molecule is Cc1ccc(/C(O)=C2\C(=O)C(=O)N(c3nc4ccccc4s3)[C@@H]2c2ccc(F)cc2)cc1. The molecule has 2 heterocycles. The van der Waals surface area contributed by atoms with Crippen LogP contribution in [0.3, 0.4) is 0 Å². The number of nitrogens with zero attached hydrogens (tertiary/aromatic N) is 2. The summed E-state index contributed by atoms with van der Waals surface area (Å²) < 4.78 is 14.5. The molecule has 1 atom stereocenters. The number of amides is 1. The number of fused-ring (bicyclic) bond motifs is 1. The maximum absolute atomic E-state index is 13.6. The molecule has 0 unspecified atom stereocenters. The average Bonchev–Trinajstić information content (AvgIpc) is 3.33. The van der Waals surface area contributed by atoms with Crippen LogP contribution in [0.2, 0.25) is 0 Å². The lowest BCUT2D eigenvalue weighted by molar-refractivity contribution is -0.132. The van der Waals surface area contributed by atoms with Crippen LogP contribution < -0.4 is 4.90 Å². The van der Waals surface area contributed by atoms with E-state index in [-0.39, 0.29) is 11.3 Å². The van der Waals surface area contributed by atoms with Crippen LogP contribution in [0.5, 0.6) is 0 Å². The highest BCUT2D eigenvalue weighted by Crippen LogP contribution is 2.44. The van der Waals surface area contributed by atoms with Gasteiger partial charge in [-0.3, -0.25) is 14.5 Å². The predicted octanol–water partition coefficient (Wildman–Crippen LogP) is 5.37. The first-order chi connectivity index (χ1) is 15.4. The minimum atomic E-state index is -0.933. The number of ketones is 1. The topological polar surface area (TPSA) is 70.5 Å². The number of halogens is 1. The molecule has 1 amide bonds. The Kier molecular flexibility index (Phi) is 4.83. The highest BCUT2D eigenvalue weighted by atomic mass is 32.1. The van der Waals surface area contributed by atoms with E-state index in [0.29, 0.717) is 21.8 Å². The molecule has 3 aromatic carbocycles. The van der Waals surface area contributed by atoms with Crippen LogP contribution >= 0.6 is 11.3 Å². The van der Waals surface area contributed by atoms with Gasteiger partial charge in [-0.25, -0.2) is 9.37 Å². The smallest absolute Gasteiger partial charge is 0.301 e. The third-order valence-corrected chi connectivity index (χ3v) is 6.48. The second-order valence-electron chi connectivity index (χ2n) is 7.55. The van der Waals surface area contributed by atoms with Gasteiger partial charge in [0.25, 0.3) is 5.78 Å². The van der Waals surface area contributed by atoms with E-state index < -0.39 is 23.5 Å². The van der Waals surface area contributed by atoms with Crippen LogP contribution in [0.1, 0.15) is 22.7 Å². The minimum Gasteiger partial charge on any atom is -0.507 e. The van der Waals surface area contributed by atoms with Gasteiger partial charge in [-0.1, -0.05) is 65.4 Å². The Hall–Kier alpha value is -3.84. The van der Waals surface area contributed by atoms with E-state index in [1.807, 2.05) is 43.3 Å². The molecule has 1 aliphatic rings. The highest BCUT2D eigenvalue weighted by Gasteiger charge is 2.48. The van der Waals surface area contributed by atoms with Crippen LogP contribution in [0.15, 0.2) is 78.4 Å². The summed E-state index contributed by atoms with van der Waals surface area (Å²) in [6.45, 7) is 1.91. The van der Waals surface area contributed by atoms with Gasteiger partial charge in [0.2, 0.25) is 0 Å². The van der Waals surface area contributed by atoms with Crippen molar-refractivity contribution >= 4 is 44.1 Å². The Balaban J connectivity index is 1.73. The monoisotopic (exact) mass is 444 g/mol. The number of para-hydroxylation sites is 1. The van der Waals surface area contributed by atoms with E-state index in [4.69, 9.17) is 0 Å². The third-order valence-electron chi connectivity index (χ3n) is 5.44. The van der Waals surface area contributed by atoms with Crippen molar-refractivity contribution in [3.63, 3.8) is 0 Å². The maximum atomic E-state index is 13.6. The fourth-order valence-electron chi connectivity index (χ4n) is 3.82. The van der Waals surface area contributed by atoms with Gasteiger partial charge in [0, 0.05) is 5.56 Å². The molecule has 1 aliphatic heterocycles. The normalized spacial score (nSPS) is 17.9. The van der Waals surface area contributed by atoms with Gasteiger partial charge in [0.1, 0.15) is 11.6 Å². The van der Waals surface area contributed by atoms with Crippen molar-refractivity contribution < 1.29 is 19.1 Å². The molecule has 7 heteroatoms. The van der Waals surface area contributed by atoms with Gasteiger partial charge in [-0.05, 0) is 36.8 Å². The van der Waals surface area contributed by atoms with Crippen molar-refractivity contribution in [2.24, 2.45) is 0 Å². The van der Waals surface area contributed by atoms with Crippen molar-refractivity contribution in [3.8, 4) is 0 Å². The van der Waals surface area contributed by atoms with E-state index >= 15 is 0 Å². The molecule has 1 saturated heterocycles. The molecule has 4 aromatic rings. The summed E-state index contributed by atoms with van der Waals surface area (Å²) in [5, 5.41) is 11.4. The summed E-state index contributed by atoms with van der Waals surface area (Å²) in [6, 6.07) is 19.0. The Bertz CT molecular complexity index is 1360. The molecule has 32 heavy (non-hydrogen) atoms. The molecule has 0 radical (unpaired) electrons. The van der Waals surface area contributed by atoms with E-state index in [1.54, 1.807) is 12.1 Å². The molecule has 0 saturated carbocycles. The summed E-state index contributed by atoms with van der Waals surface area (Å²) in [7, 11) is 0. The van der Waals surface area contributed by atoms with E-state index in [9.17, 15) is 19.1 Å². The molecule has 1 fully saturated rings. The summed E-state index contributed by atoms with van der Waals surface area (Å²) in [5.41, 5.74) is 2.56. The first kappa shape index (κ1) is 20.1. The van der Waals surface area contributed by atoms with Crippen molar-refractivity contribution in [3.05, 3.63) is 101 Å². The van der Waals surface area contributed by atoms with E-state index in [2.05, 4.69) is 4.98 Å². The molecule has 1 N–H and O–H groups in total. The summed E-state index contributed by atoms with van der Waals surface area (Å²) in [6.07, 6.45) is 0. The van der Waals surface area contributed by atoms with Crippen LogP contribution in [0.4, 0.5) is 9.52 Å². The van der Waals surface area contributed by atoms with Gasteiger partial charge in [-0.2, -0.15) is 0 Å². The highest BCUT2D eigenvalue weighted by molar-refractivity contribution is 7.22. The average molecular weight is 444 g/mol. The Morgan fingerprint density at radius 2 is 1.69 bits per heavy atom. The number of aromatic nitrogens is 1. The molecule has 5 rings (SSSR count). The molecule has 0 spiro atoms. The quantitative estimate of drug-likeness (QED) is 0.262. The summed E-state index contributed by atoms with van der Waals surface area (Å²) >= 11 is 1.28. The van der Waals surface area contributed by atoms with E-state index in [1.165, 1.54) is 40.5 Å². The van der Waals surface area contributed by atoms with Crippen LogP contribution in [-0.4, -0.2) is 21.8 Å². The number of carbonyl (C=O) groups excluding carboxylic acids is 2. The Morgan fingerprint density at radius 3 is 2.38 bits per heavy atom. The fraction of sp³-hybridized carbons (Fsp3) is 0.0800. The van der Waals surface area contributed by atoms with Crippen LogP contribution in [0, 0.1) is 12.7 Å². The fourth-order valence-corrected chi connectivity index (χ4v) is 4.81. The molecule has 5 nitrogen and oxygen atoms in total. The number of carbonyl (C=O) groups is 2. The number of rotatable bonds is 3. The lowest BCUT2D eigenvalue weighted by Crippen LogP contribution is -2.29. The van der Waals surface area contributed by atoms with Gasteiger partial charge < -0.3 is 5.11 Å². The zero-order valence-electron chi connectivity index (χ0n) is 16.9. The molecule has 158 valence electrons. The lowest BCUT2D eigenvalue weighted by atomic mass is 9.95. The van der Waals surface area contributed by atoms with Gasteiger partial charge >= 0.3 is 5.91 Å². The van der Waals surface area contributed by atoms with E-state index in [0.717, 1.165) is 10.3 Å². The number of aryl methyl sites for hydroxylation is 1. The second kappa shape index (κ2) is 7.69. The minimum absolute atomic E-state index is 0.0512. The summed E-state index contributed by atoms with van der Waals surface area (Å²) in [4.78, 5) is 32.1. The number of aliphatic hydroxyl groups is 1. The number of Topliss-reactive ketones (excluding diaryl/α,β-unsaturated/α-hetero) is 1. The largest absolute Gasteiger partial charge is 0.507 e. The number of hydrogen-bond donors (Lipinski definition) is 1. The van der Waals surface area contributed by atoms with Crippen molar-refractivity contribution in [2.45, 2.75) is 13.0 Å². The Morgan fingerprint density at radius 1 is 1.00 bits per heavy atom. The predicted molar refractivity (Wildman–Crippen MR) is 122 cm³/mol. The zero-order valence-corrected chi connectivity index (χ0v) is 17.8. The van der Waals surface area contributed by atoms with Gasteiger partial charge in [-0.15, -0.1) is 0 Å². The number of anilines is 1.